The minimum atomic E-state index is -0.135. The maximum atomic E-state index is 12.6. The molecule has 27 heavy (non-hydrogen) atoms. The quantitative estimate of drug-likeness (QED) is 0.677. The molecule has 5 nitrogen and oxygen atoms in total. The van der Waals surface area contributed by atoms with Gasteiger partial charge in [0, 0.05) is 29.9 Å². The van der Waals surface area contributed by atoms with Crippen molar-refractivity contribution in [1.29, 1.82) is 0 Å². The van der Waals surface area contributed by atoms with Crippen molar-refractivity contribution in [2.75, 3.05) is 16.8 Å². The number of anilines is 2. The van der Waals surface area contributed by atoms with E-state index in [1.54, 1.807) is 10.9 Å². The molecule has 0 spiro atoms. The molecule has 1 N–H and O–H groups in total. The average molecular weight is 362 g/mol. The number of nitrogens with zero attached hydrogens (tertiary/aromatic N) is 3. The lowest BCUT2D eigenvalue weighted by Crippen LogP contribution is -2.30. The van der Waals surface area contributed by atoms with Crippen LogP contribution in [0.4, 0.5) is 11.5 Å². The SMILES string of the molecule is CCN(c1ccc(C(=O)Nc2ccnn2Cc2ccccc2)cc1)C(C)C. The average Bonchev–Trinajstić information content (AvgIpc) is 3.10. The Morgan fingerprint density at radius 1 is 1.07 bits per heavy atom. The molecule has 1 aromatic heterocycles. The van der Waals surface area contributed by atoms with Crippen LogP contribution in [0.2, 0.25) is 0 Å². The van der Waals surface area contributed by atoms with E-state index < -0.39 is 0 Å². The number of amides is 1. The Morgan fingerprint density at radius 3 is 2.41 bits per heavy atom. The summed E-state index contributed by atoms with van der Waals surface area (Å²) in [6, 6.07) is 20.0. The fourth-order valence-corrected chi connectivity index (χ4v) is 3.16. The lowest BCUT2D eigenvalue weighted by Gasteiger charge is -2.27. The van der Waals surface area contributed by atoms with Crippen LogP contribution in [-0.4, -0.2) is 28.3 Å². The smallest absolute Gasteiger partial charge is 0.256 e. The highest BCUT2D eigenvalue weighted by atomic mass is 16.1. The zero-order chi connectivity index (χ0) is 19.2. The molecule has 1 heterocycles. The molecule has 140 valence electrons. The largest absolute Gasteiger partial charge is 0.369 e. The zero-order valence-corrected chi connectivity index (χ0v) is 16.1. The number of carbonyl (C=O) groups is 1. The van der Waals surface area contributed by atoms with Gasteiger partial charge in [-0.3, -0.25) is 4.79 Å². The lowest BCUT2D eigenvalue weighted by molar-refractivity contribution is 0.102. The minimum Gasteiger partial charge on any atom is -0.369 e. The second-order valence-electron chi connectivity index (χ2n) is 6.74. The first-order chi connectivity index (χ1) is 13.1. The highest BCUT2D eigenvalue weighted by Gasteiger charge is 2.12. The number of rotatable bonds is 7. The summed E-state index contributed by atoms with van der Waals surface area (Å²) in [6.45, 7) is 8.01. The number of nitrogens with one attached hydrogen (secondary N) is 1. The topological polar surface area (TPSA) is 50.2 Å². The van der Waals surface area contributed by atoms with Gasteiger partial charge < -0.3 is 10.2 Å². The molecular weight excluding hydrogens is 336 g/mol. The van der Waals surface area contributed by atoms with Gasteiger partial charge in [0.15, 0.2) is 0 Å². The van der Waals surface area contributed by atoms with Gasteiger partial charge in [0.2, 0.25) is 0 Å². The predicted octanol–water partition coefficient (Wildman–Crippen LogP) is 4.42. The molecule has 0 saturated heterocycles. The fourth-order valence-electron chi connectivity index (χ4n) is 3.16. The van der Waals surface area contributed by atoms with Gasteiger partial charge in [-0.15, -0.1) is 0 Å². The Labute approximate surface area is 160 Å². The van der Waals surface area contributed by atoms with Crippen molar-refractivity contribution < 1.29 is 4.79 Å². The fraction of sp³-hybridized carbons (Fsp3) is 0.273. The minimum absolute atomic E-state index is 0.135. The van der Waals surface area contributed by atoms with Crippen molar-refractivity contribution in [2.24, 2.45) is 0 Å². The summed E-state index contributed by atoms with van der Waals surface area (Å²) in [7, 11) is 0. The highest BCUT2D eigenvalue weighted by molar-refractivity contribution is 6.04. The van der Waals surface area contributed by atoms with Crippen molar-refractivity contribution in [2.45, 2.75) is 33.4 Å². The van der Waals surface area contributed by atoms with Crippen LogP contribution in [0.3, 0.4) is 0 Å². The molecule has 0 saturated carbocycles. The first-order valence-electron chi connectivity index (χ1n) is 9.32. The number of hydrogen-bond acceptors (Lipinski definition) is 3. The Bertz CT molecular complexity index is 869. The van der Waals surface area contributed by atoms with Crippen molar-refractivity contribution in [3.63, 3.8) is 0 Å². The molecule has 0 radical (unpaired) electrons. The first-order valence-corrected chi connectivity index (χ1v) is 9.32. The third kappa shape index (κ3) is 4.56. The molecule has 0 fully saturated rings. The first kappa shape index (κ1) is 18.7. The van der Waals surface area contributed by atoms with Crippen molar-refractivity contribution in [3.05, 3.63) is 78.0 Å². The third-order valence-electron chi connectivity index (χ3n) is 4.56. The van der Waals surface area contributed by atoms with E-state index in [9.17, 15) is 4.79 Å². The van der Waals surface area contributed by atoms with Crippen LogP contribution in [0, 0.1) is 0 Å². The number of hydrogen-bond donors (Lipinski definition) is 1. The monoisotopic (exact) mass is 362 g/mol. The molecule has 0 unspecified atom stereocenters. The zero-order valence-electron chi connectivity index (χ0n) is 16.1. The summed E-state index contributed by atoms with van der Waals surface area (Å²) in [6.07, 6.45) is 1.70. The van der Waals surface area contributed by atoms with Crippen LogP contribution in [0.1, 0.15) is 36.7 Å². The van der Waals surface area contributed by atoms with Crippen molar-refractivity contribution in [1.82, 2.24) is 9.78 Å². The van der Waals surface area contributed by atoms with Gasteiger partial charge in [-0.05, 0) is 50.6 Å². The summed E-state index contributed by atoms with van der Waals surface area (Å²) in [5.74, 6) is 0.550. The number of carbonyl (C=O) groups excluding carboxylic acids is 1. The molecule has 2 aromatic carbocycles. The molecule has 0 aliphatic carbocycles. The van der Waals surface area contributed by atoms with E-state index in [0.717, 1.165) is 17.8 Å². The molecular formula is C22H26N4O. The number of aromatic nitrogens is 2. The summed E-state index contributed by atoms with van der Waals surface area (Å²) in [4.78, 5) is 14.9. The third-order valence-corrected chi connectivity index (χ3v) is 4.56. The Hall–Kier alpha value is -3.08. The molecule has 3 aromatic rings. The Balaban J connectivity index is 1.70. The van der Waals surface area contributed by atoms with Gasteiger partial charge in [0.1, 0.15) is 5.82 Å². The van der Waals surface area contributed by atoms with Crippen LogP contribution in [0.25, 0.3) is 0 Å². The Morgan fingerprint density at radius 2 is 1.78 bits per heavy atom. The van der Waals surface area contributed by atoms with E-state index in [2.05, 4.69) is 36.1 Å². The molecule has 0 aliphatic rings. The molecule has 0 atom stereocenters. The number of benzene rings is 2. The maximum Gasteiger partial charge on any atom is 0.256 e. The predicted molar refractivity (Wildman–Crippen MR) is 110 cm³/mol. The van der Waals surface area contributed by atoms with Crippen LogP contribution < -0.4 is 10.2 Å². The highest BCUT2D eigenvalue weighted by Crippen LogP contribution is 2.19. The van der Waals surface area contributed by atoms with E-state index in [-0.39, 0.29) is 5.91 Å². The maximum absolute atomic E-state index is 12.6. The summed E-state index contributed by atoms with van der Waals surface area (Å²) in [5, 5.41) is 7.28. The van der Waals surface area contributed by atoms with Gasteiger partial charge >= 0.3 is 0 Å². The van der Waals surface area contributed by atoms with Gasteiger partial charge in [0.25, 0.3) is 5.91 Å². The summed E-state index contributed by atoms with van der Waals surface area (Å²) < 4.78 is 1.79. The molecule has 5 heteroatoms. The van der Waals surface area contributed by atoms with Crippen molar-refractivity contribution in [3.8, 4) is 0 Å². The Kier molecular flexibility index (Phi) is 5.91. The van der Waals surface area contributed by atoms with Crippen molar-refractivity contribution >= 4 is 17.4 Å². The summed E-state index contributed by atoms with van der Waals surface area (Å²) in [5.41, 5.74) is 2.89. The van der Waals surface area contributed by atoms with Gasteiger partial charge in [-0.1, -0.05) is 30.3 Å². The standard InChI is InChI=1S/C22H26N4O/c1-4-25(17(2)3)20-12-10-19(11-13-20)22(27)24-21-14-15-23-26(21)16-18-8-6-5-7-9-18/h5-15,17H,4,16H2,1-3H3,(H,24,27). The van der Waals surface area contributed by atoms with E-state index >= 15 is 0 Å². The second-order valence-corrected chi connectivity index (χ2v) is 6.74. The van der Waals surface area contributed by atoms with E-state index in [1.807, 2.05) is 60.7 Å². The van der Waals surface area contributed by atoms with Crippen LogP contribution in [-0.2, 0) is 6.54 Å². The van der Waals surface area contributed by atoms with Gasteiger partial charge in [0.05, 0.1) is 12.7 Å². The van der Waals surface area contributed by atoms with Gasteiger partial charge in [-0.2, -0.15) is 5.10 Å². The normalized spacial score (nSPS) is 10.8. The van der Waals surface area contributed by atoms with E-state index in [0.29, 0.717) is 24.0 Å². The van der Waals surface area contributed by atoms with Crippen LogP contribution in [0.5, 0.6) is 0 Å². The molecule has 0 aliphatic heterocycles. The molecule has 0 bridgehead atoms. The summed E-state index contributed by atoms with van der Waals surface area (Å²) >= 11 is 0. The van der Waals surface area contributed by atoms with Crippen LogP contribution in [0.15, 0.2) is 66.9 Å². The van der Waals surface area contributed by atoms with Crippen LogP contribution >= 0.6 is 0 Å². The lowest BCUT2D eigenvalue weighted by atomic mass is 10.1. The second kappa shape index (κ2) is 8.54. The molecule has 3 rings (SSSR count). The van der Waals surface area contributed by atoms with E-state index in [1.165, 1.54) is 0 Å². The molecule has 1 amide bonds. The van der Waals surface area contributed by atoms with E-state index in [4.69, 9.17) is 0 Å². The van der Waals surface area contributed by atoms with Gasteiger partial charge in [-0.25, -0.2) is 4.68 Å².